The summed E-state index contributed by atoms with van der Waals surface area (Å²) < 4.78 is 5.97. The van der Waals surface area contributed by atoms with Gasteiger partial charge in [0, 0.05) is 26.2 Å². The minimum Gasteiger partial charge on any atom is -0.493 e. The summed E-state index contributed by atoms with van der Waals surface area (Å²) in [5.74, 6) is 0.255. The second-order valence-electron chi connectivity index (χ2n) is 9.19. The third-order valence-corrected chi connectivity index (χ3v) is 7.06. The molecule has 2 aromatic rings. The standard InChI is InChI=1S/C26H33N3O4/c1-4-16-33-22-13-12-19-10-6-7-11-20(19)21(22)17-27(2)23(30)18-29-24(31)26(28(3)25(29)32)14-8-5-9-15-26/h6-7,10-13H,4-5,8-9,14-18H2,1-3H3. The van der Waals surface area contributed by atoms with E-state index < -0.39 is 5.54 Å². The smallest absolute Gasteiger partial charge is 0.327 e. The van der Waals surface area contributed by atoms with Crippen LogP contribution < -0.4 is 4.74 Å². The zero-order chi connectivity index (χ0) is 23.6. The second kappa shape index (κ2) is 9.41. The number of amides is 4. The highest BCUT2D eigenvalue weighted by molar-refractivity contribution is 6.09. The summed E-state index contributed by atoms with van der Waals surface area (Å²) in [6, 6.07) is 11.6. The van der Waals surface area contributed by atoms with E-state index in [0.29, 0.717) is 26.0 Å². The number of carbonyl (C=O) groups is 3. The van der Waals surface area contributed by atoms with Gasteiger partial charge in [-0.05, 0) is 36.1 Å². The molecule has 1 heterocycles. The molecule has 1 saturated carbocycles. The highest BCUT2D eigenvalue weighted by Crippen LogP contribution is 2.39. The van der Waals surface area contributed by atoms with Crippen LogP contribution in [0.5, 0.6) is 5.75 Å². The summed E-state index contributed by atoms with van der Waals surface area (Å²) in [6.45, 7) is 2.73. The first-order chi connectivity index (χ1) is 15.9. The lowest BCUT2D eigenvalue weighted by molar-refractivity contribution is -0.140. The van der Waals surface area contributed by atoms with Gasteiger partial charge in [-0.1, -0.05) is 56.5 Å². The number of hydrogen-bond donors (Lipinski definition) is 0. The number of rotatable bonds is 7. The highest BCUT2D eigenvalue weighted by atomic mass is 16.5. The van der Waals surface area contributed by atoms with Gasteiger partial charge in [-0.2, -0.15) is 0 Å². The van der Waals surface area contributed by atoms with Crippen LogP contribution >= 0.6 is 0 Å². The average molecular weight is 452 g/mol. The number of benzene rings is 2. The van der Waals surface area contributed by atoms with Crippen molar-refractivity contribution in [2.45, 2.75) is 57.5 Å². The second-order valence-corrected chi connectivity index (χ2v) is 9.19. The molecule has 7 nitrogen and oxygen atoms in total. The largest absolute Gasteiger partial charge is 0.493 e. The lowest BCUT2D eigenvalue weighted by atomic mass is 9.81. The number of imide groups is 1. The Balaban J connectivity index is 1.53. The van der Waals surface area contributed by atoms with Gasteiger partial charge in [0.05, 0.1) is 6.61 Å². The molecular weight excluding hydrogens is 418 g/mol. The molecular formula is C26H33N3O4. The van der Waals surface area contributed by atoms with Gasteiger partial charge in [0.25, 0.3) is 5.91 Å². The van der Waals surface area contributed by atoms with Crippen molar-refractivity contribution in [1.29, 1.82) is 0 Å². The maximum absolute atomic E-state index is 13.2. The molecule has 2 aliphatic rings. The molecule has 0 aromatic heterocycles. The van der Waals surface area contributed by atoms with Crippen molar-refractivity contribution in [3.05, 3.63) is 42.0 Å². The van der Waals surface area contributed by atoms with Crippen LogP contribution in [0.1, 0.15) is 51.0 Å². The Morgan fingerprint density at radius 3 is 2.55 bits per heavy atom. The first-order valence-corrected chi connectivity index (χ1v) is 11.9. The zero-order valence-corrected chi connectivity index (χ0v) is 19.8. The fourth-order valence-corrected chi connectivity index (χ4v) is 5.08. The van der Waals surface area contributed by atoms with Crippen molar-refractivity contribution in [3.8, 4) is 5.75 Å². The molecule has 4 rings (SSSR count). The number of nitrogens with zero attached hydrogens (tertiary/aromatic N) is 3. The van der Waals surface area contributed by atoms with Crippen LogP contribution in [0.3, 0.4) is 0 Å². The number of likely N-dealkylation sites (N-methyl/N-ethyl adjacent to an activating group) is 2. The summed E-state index contributed by atoms with van der Waals surface area (Å²) in [5.41, 5.74) is 0.155. The molecule has 2 aromatic carbocycles. The Labute approximate surface area is 195 Å². The van der Waals surface area contributed by atoms with Crippen molar-refractivity contribution < 1.29 is 19.1 Å². The molecule has 0 radical (unpaired) electrons. The molecule has 7 heteroatoms. The number of ether oxygens (including phenoxy) is 1. The molecule has 0 bridgehead atoms. The van der Waals surface area contributed by atoms with Crippen molar-refractivity contribution in [2.24, 2.45) is 0 Å². The van der Waals surface area contributed by atoms with Gasteiger partial charge in [-0.25, -0.2) is 4.79 Å². The first kappa shape index (κ1) is 23.1. The summed E-state index contributed by atoms with van der Waals surface area (Å²) in [7, 11) is 3.39. The molecule has 2 fully saturated rings. The van der Waals surface area contributed by atoms with Gasteiger partial charge < -0.3 is 14.5 Å². The molecule has 1 spiro atoms. The third kappa shape index (κ3) is 4.16. The van der Waals surface area contributed by atoms with E-state index in [4.69, 9.17) is 4.74 Å². The summed E-state index contributed by atoms with van der Waals surface area (Å²) in [5, 5.41) is 2.10. The Bertz CT molecular complexity index is 1060. The van der Waals surface area contributed by atoms with Crippen LogP contribution in [-0.2, 0) is 16.1 Å². The summed E-state index contributed by atoms with van der Waals surface area (Å²) in [4.78, 5) is 43.6. The molecule has 0 N–H and O–H groups in total. The van der Waals surface area contributed by atoms with E-state index in [9.17, 15) is 14.4 Å². The molecule has 1 aliphatic carbocycles. The maximum Gasteiger partial charge on any atom is 0.327 e. The monoisotopic (exact) mass is 451 g/mol. The lowest BCUT2D eigenvalue weighted by Crippen LogP contribution is -2.49. The number of carbonyl (C=O) groups excluding carboxylic acids is 3. The van der Waals surface area contributed by atoms with Gasteiger partial charge in [0.1, 0.15) is 17.8 Å². The van der Waals surface area contributed by atoms with E-state index in [1.54, 1.807) is 23.9 Å². The van der Waals surface area contributed by atoms with Crippen molar-refractivity contribution >= 4 is 28.6 Å². The van der Waals surface area contributed by atoms with E-state index in [1.807, 2.05) is 36.4 Å². The minimum absolute atomic E-state index is 0.228. The Morgan fingerprint density at radius 2 is 1.82 bits per heavy atom. The highest BCUT2D eigenvalue weighted by Gasteiger charge is 2.55. The van der Waals surface area contributed by atoms with E-state index in [1.165, 1.54) is 0 Å². The average Bonchev–Trinajstić information content (AvgIpc) is 3.00. The molecule has 0 unspecified atom stereocenters. The van der Waals surface area contributed by atoms with Crippen LogP contribution in [0.25, 0.3) is 10.8 Å². The number of hydrogen-bond acceptors (Lipinski definition) is 4. The summed E-state index contributed by atoms with van der Waals surface area (Å²) in [6.07, 6.45) is 5.15. The van der Waals surface area contributed by atoms with Crippen LogP contribution in [0, 0.1) is 0 Å². The molecule has 33 heavy (non-hydrogen) atoms. The van der Waals surface area contributed by atoms with E-state index >= 15 is 0 Å². The van der Waals surface area contributed by atoms with Gasteiger partial charge in [-0.3, -0.25) is 14.5 Å². The fraction of sp³-hybridized carbons (Fsp3) is 0.500. The predicted molar refractivity (Wildman–Crippen MR) is 127 cm³/mol. The van der Waals surface area contributed by atoms with Crippen LogP contribution in [-0.4, -0.2) is 65.3 Å². The molecule has 176 valence electrons. The van der Waals surface area contributed by atoms with Gasteiger partial charge in [0.2, 0.25) is 5.91 Å². The van der Waals surface area contributed by atoms with Crippen molar-refractivity contribution in [2.75, 3.05) is 27.2 Å². The normalized spacial score (nSPS) is 17.8. The number of fused-ring (bicyclic) bond motifs is 1. The Hall–Kier alpha value is -3.09. The van der Waals surface area contributed by atoms with Crippen LogP contribution in [0.4, 0.5) is 4.79 Å². The Kier molecular flexibility index (Phi) is 6.58. The SMILES string of the molecule is CCCOc1ccc2ccccc2c1CN(C)C(=O)CN1C(=O)N(C)C2(CCCCC2)C1=O. The van der Waals surface area contributed by atoms with Gasteiger partial charge in [0.15, 0.2) is 0 Å². The molecule has 0 atom stereocenters. The van der Waals surface area contributed by atoms with Crippen LogP contribution in [0.15, 0.2) is 36.4 Å². The fourth-order valence-electron chi connectivity index (χ4n) is 5.08. The predicted octanol–water partition coefficient (Wildman–Crippen LogP) is 4.18. The van der Waals surface area contributed by atoms with Crippen molar-refractivity contribution in [1.82, 2.24) is 14.7 Å². The van der Waals surface area contributed by atoms with E-state index in [0.717, 1.165) is 52.7 Å². The topological polar surface area (TPSA) is 70.2 Å². The van der Waals surface area contributed by atoms with E-state index in [2.05, 4.69) is 6.92 Å². The summed E-state index contributed by atoms with van der Waals surface area (Å²) >= 11 is 0. The Morgan fingerprint density at radius 1 is 1.09 bits per heavy atom. The maximum atomic E-state index is 13.2. The quantitative estimate of drug-likeness (QED) is 0.592. The van der Waals surface area contributed by atoms with Gasteiger partial charge in [-0.15, -0.1) is 0 Å². The third-order valence-electron chi connectivity index (χ3n) is 7.06. The number of urea groups is 1. The van der Waals surface area contributed by atoms with Crippen molar-refractivity contribution in [3.63, 3.8) is 0 Å². The van der Waals surface area contributed by atoms with Crippen LogP contribution in [0.2, 0.25) is 0 Å². The molecule has 4 amide bonds. The zero-order valence-electron chi connectivity index (χ0n) is 19.8. The lowest BCUT2D eigenvalue weighted by Gasteiger charge is -2.35. The minimum atomic E-state index is -0.773. The van der Waals surface area contributed by atoms with E-state index in [-0.39, 0.29) is 24.4 Å². The molecule has 1 saturated heterocycles. The first-order valence-electron chi connectivity index (χ1n) is 11.9. The van der Waals surface area contributed by atoms with Gasteiger partial charge >= 0.3 is 6.03 Å². The molecule has 1 aliphatic heterocycles.